The molecule has 0 amide bonds. The fraction of sp³-hybridized carbons (Fsp3) is 0.0909. The lowest BCUT2D eigenvalue weighted by molar-refractivity contribution is 0.375. The molecule has 0 aliphatic heterocycles. The lowest BCUT2D eigenvalue weighted by Crippen LogP contribution is -1.98. The molecule has 0 atom stereocenters. The Bertz CT molecular complexity index is 1060. The van der Waals surface area contributed by atoms with E-state index in [1.165, 1.54) is 38.5 Å². The number of nitrogens with zero attached hydrogens (tertiary/aromatic N) is 2. The summed E-state index contributed by atoms with van der Waals surface area (Å²) in [5.41, 5.74) is -1.57. The smallest absolute Gasteiger partial charge is 0.236 e. The summed E-state index contributed by atoms with van der Waals surface area (Å²) in [4.78, 5) is 5.90. The fourth-order valence-electron chi connectivity index (χ4n) is 2.53. The van der Waals surface area contributed by atoms with Crippen molar-refractivity contribution in [1.82, 2.24) is 0 Å². The molecular formula is C22H14F2N2O4. The summed E-state index contributed by atoms with van der Waals surface area (Å²) in [6.45, 7) is 14.3. The summed E-state index contributed by atoms with van der Waals surface area (Å²) in [5, 5.41) is 0. The average molecular weight is 408 g/mol. The second-order valence-corrected chi connectivity index (χ2v) is 5.76. The molecule has 0 spiro atoms. The van der Waals surface area contributed by atoms with Crippen molar-refractivity contribution < 1.29 is 27.7 Å². The zero-order chi connectivity index (χ0) is 21.7. The number of methoxy groups -OCH3 is 2. The quantitative estimate of drug-likeness (QED) is 0.428. The zero-order valence-electron chi connectivity index (χ0n) is 15.9. The van der Waals surface area contributed by atoms with Gasteiger partial charge >= 0.3 is 0 Å². The van der Waals surface area contributed by atoms with Gasteiger partial charge in [-0.2, -0.15) is 0 Å². The Morgan fingerprint density at radius 3 is 1.17 bits per heavy atom. The van der Waals surface area contributed by atoms with Crippen LogP contribution in [0, 0.1) is 24.8 Å². The Balaban J connectivity index is 2.13. The van der Waals surface area contributed by atoms with E-state index in [4.69, 9.17) is 32.1 Å². The predicted molar refractivity (Wildman–Crippen MR) is 105 cm³/mol. The number of halogens is 2. The Labute approximate surface area is 171 Å². The first-order valence-electron chi connectivity index (χ1n) is 8.46. The van der Waals surface area contributed by atoms with E-state index in [0.29, 0.717) is 11.5 Å². The monoisotopic (exact) mass is 408 g/mol. The molecule has 0 aliphatic rings. The van der Waals surface area contributed by atoms with E-state index in [1.54, 1.807) is 24.3 Å². The minimum Gasteiger partial charge on any atom is -0.497 e. The van der Waals surface area contributed by atoms with Gasteiger partial charge in [0.2, 0.25) is 11.4 Å². The molecular weight excluding hydrogens is 394 g/mol. The number of hydrogen-bond donors (Lipinski definition) is 0. The Hall–Kier alpha value is -4.30. The van der Waals surface area contributed by atoms with Crippen molar-refractivity contribution in [3.05, 3.63) is 83.0 Å². The van der Waals surface area contributed by atoms with Gasteiger partial charge in [0.1, 0.15) is 23.0 Å². The molecule has 30 heavy (non-hydrogen) atoms. The van der Waals surface area contributed by atoms with E-state index in [2.05, 4.69) is 9.69 Å². The molecule has 0 heterocycles. The molecule has 0 aliphatic carbocycles. The summed E-state index contributed by atoms with van der Waals surface area (Å²) in [6.07, 6.45) is 0. The van der Waals surface area contributed by atoms with Crippen LogP contribution in [0.5, 0.6) is 34.5 Å². The van der Waals surface area contributed by atoms with Crippen LogP contribution in [0.1, 0.15) is 0 Å². The van der Waals surface area contributed by atoms with Gasteiger partial charge in [-0.3, -0.25) is 0 Å². The molecule has 0 saturated carbocycles. The van der Waals surface area contributed by atoms with Gasteiger partial charge < -0.3 is 18.9 Å². The van der Waals surface area contributed by atoms with E-state index in [-0.39, 0.29) is 11.5 Å². The van der Waals surface area contributed by atoms with Crippen LogP contribution in [0.4, 0.5) is 20.2 Å². The third-order valence-electron chi connectivity index (χ3n) is 4.03. The number of benzene rings is 3. The lowest BCUT2D eigenvalue weighted by Gasteiger charge is -2.16. The molecule has 6 nitrogen and oxygen atoms in total. The first kappa shape index (κ1) is 20.4. The van der Waals surface area contributed by atoms with Crippen molar-refractivity contribution in [3.63, 3.8) is 0 Å². The van der Waals surface area contributed by atoms with Crippen molar-refractivity contribution in [1.29, 1.82) is 0 Å². The zero-order valence-corrected chi connectivity index (χ0v) is 15.9. The second-order valence-electron chi connectivity index (χ2n) is 5.76. The molecule has 3 aromatic carbocycles. The summed E-state index contributed by atoms with van der Waals surface area (Å²) in [5.74, 6) is -2.31. The summed E-state index contributed by atoms with van der Waals surface area (Å²) in [7, 11) is 2.97. The normalized spacial score (nSPS) is 9.93. The van der Waals surface area contributed by atoms with Crippen molar-refractivity contribution in [2.24, 2.45) is 0 Å². The van der Waals surface area contributed by atoms with Crippen LogP contribution in [0.15, 0.2) is 48.5 Å². The van der Waals surface area contributed by atoms with Crippen molar-refractivity contribution >= 4 is 11.4 Å². The highest BCUT2D eigenvalue weighted by molar-refractivity contribution is 5.78. The highest BCUT2D eigenvalue weighted by Crippen LogP contribution is 2.49. The number of ether oxygens (including phenoxy) is 4. The molecule has 3 aromatic rings. The van der Waals surface area contributed by atoms with Crippen LogP contribution in [-0.4, -0.2) is 14.2 Å². The first-order valence-corrected chi connectivity index (χ1v) is 8.46. The maximum absolute atomic E-state index is 15.0. The second kappa shape index (κ2) is 8.80. The Morgan fingerprint density at radius 1 is 0.600 bits per heavy atom. The van der Waals surface area contributed by atoms with Gasteiger partial charge in [-0.25, -0.2) is 18.5 Å². The summed E-state index contributed by atoms with van der Waals surface area (Å²) in [6, 6.07) is 12.2. The highest BCUT2D eigenvalue weighted by Gasteiger charge is 2.28. The molecule has 0 bridgehead atoms. The van der Waals surface area contributed by atoms with E-state index in [1.807, 2.05) is 0 Å². The van der Waals surface area contributed by atoms with Crippen molar-refractivity contribution in [2.75, 3.05) is 14.2 Å². The standard InChI is InChI=1S/C22H14F2N2O4/c1-25-19-17(23)21(29-15-9-5-13(27-3)6-10-15)22(18(24)20(19)26-2)30-16-11-7-14(28-4)8-12-16/h5-12H,3-4H3. The van der Waals surface area contributed by atoms with Gasteiger partial charge in [0.15, 0.2) is 23.1 Å². The van der Waals surface area contributed by atoms with Gasteiger partial charge in [-0.05, 0) is 48.5 Å². The molecule has 0 saturated heterocycles. The van der Waals surface area contributed by atoms with Gasteiger partial charge in [-0.1, -0.05) is 0 Å². The Morgan fingerprint density at radius 2 is 0.900 bits per heavy atom. The van der Waals surface area contributed by atoms with E-state index >= 15 is 8.78 Å². The van der Waals surface area contributed by atoms with Crippen LogP contribution in [0.3, 0.4) is 0 Å². The SMILES string of the molecule is [C-]#[N+]c1c(F)c(Oc2ccc(OC)cc2)c(Oc2ccc(OC)cc2)c(F)c1[N+]#[C-]. The minimum absolute atomic E-state index is 0.153. The molecule has 0 aromatic heterocycles. The molecule has 0 radical (unpaired) electrons. The molecule has 0 fully saturated rings. The van der Waals surface area contributed by atoms with Crippen LogP contribution >= 0.6 is 0 Å². The maximum Gasteiger partial charge on any atom is 0.236 e. The van der Waals surface area contributed by atoms with Crippen LogP contribution in [0.25, 0.3) is 9.69 Å². The van der Waals surface area contributed by atoms with Crippen LogP contribution in [-0.2, 0) is 0 Å². The van der Waals surface area contributed by atoms with Gasteiger partial charge in [0, 0.05) is 0 Å². The number of rotatable bonds is 6. The fourth-order valence-corrected chi connectivity index (χ4v) is 2.53. The van der Waals surface area contributed by atoms with Crippen molar-refractivity contribution in [2.45, 2.75) is 0 Å². The molecule has 0 unspecified atom stereocenters. The summed E-state index contributed by atoms with van der Waals surface area (Å²) < 4.78 is 51.2. The predicted octanol–water partition coefficient (Wildman–Crippen LogP) is 6.67. The van der Waals surface area contributed by atoms with E-state index in [9.17, 15) is 0 Å². The van der Waals surface area contributed by atoms with Crippen molar-refractivity contribution in [3.8, 4) is 34.5 Å². The van der Waals surface area contributed by atoms with Gasteiger partial charge in [0.25, 0.3) is 0 Å². The van der Waals surface area contributed by atoms with Gasteiger partial charge in [-0.15, -0.1) is 0 Å². The average Bonchev–Trinajstić information content (AvgIpc) is 2.79. The molecule has 8 heteroatoms. The van der Waals surface area contributed by atoms with E-state index in [0.717, 1.165) is 0 Å². The maximum atomic E-state index is 15.0. The Kier molecular flexibility index (Phi) is 6.00. The van der Waals surface area contributed by atoms with E-state index < -0.39 is 34.5 Å². The lowest BCUT2D eigenvalue weighted by atomic mass is 10.2. The highest BCUT2D eigenvalue weighted by atomic mass is 19.1. The molecule has 3 rings (SSSR count). The number of hydrogen-bond acceptors (Lipinski definition) is 4. The summed E-state index contributed by atoms with van der Waals surface area (Å²) >= 11 is 0. The molecule has 150 valence electrons. The largest absolute Gasteiger partial charge is 0.497 e. The first-order chi connectivity index (χ1) is 14.5. The third kappa shape index (κ3) is 3.94. The minimum atomic E-state index is -1.20. The van der Waals surface area contributed by atoms with Crippen LogP contribution in [0.2, 0.25) is 0 Å². The third-order valence-corrected chi connectivity index (χ3v) is 4.03. The topological polar surface area (TPSA) is 45.6 Å². The van der Waals surface area contributed by atoms with Crippen LogP contribution < -0.4 is 18.9 Å². The van der Waals surface area contributed by atoms with Gasteiger partial charge in [0.05, 0.1) is 27.4 Å². The molecule has 0 N–H and O–H groups in total.